The summed E-state index contributed by atoms with van der Waals surface area (Å²) in [7, 11) is 3.77. The molecule has 2 aliphatic rings. The zero-order valence-corrected chi connectivity index (χ0v) is 23.8. The molecule has 4 aromatic rings. The number of aromatic nitrogens is 4. The predicted octanol–water partition coefficient (Wildman–Crippen LogP) is 3.75. The van der Waals surface area contributed by atoms with Crippen LogP contribution < -0.4 is 15.8 Å². The van der Waals surface area contributed by atoms with E-state index in [9.17, 15) is 4.79 Å². The molecule has 0 spiro atoms. The monoisotopic (exact) mass is 554 g/mol. The van der Waals surface area contributed by atoms with Gasteiger partial charge in [-0.15, -0.1) is 0 Å². The van der Waals surface area contributed by atoms with E-state index in [-0.39, 0.29) is 11.9 Å². The van der Waals surface area contributed by atoms with Gasteiger partial charge in [-0.25, -0.2) is 14.6 Å². The zero-order chi connectivity index (χ0) is 28.3. The minimum Gasteiger partial charge on any atom is -0.496 e. The average Bonchev–Trinajstić information content (AvgIpc) is 3.41. The fraction of sp³-hybridized carbons (Fsp3) is 0.419. The highest BCUT2D eigenvalue weighted by atomic mass is 16.5. The maximum absolute atomic E-state index is 13.0. The molecule has 214 valence electrons. The number of nitrogen functional groups attached to an aromatic ring is 1. The summed E-state index contributed by atoms with van der Waals surface area (Å²) >= 11 is 0. The maximum Gasteiger partial charge on any atom is 0.255 e. The molecule has 2 aromatic carbocycles. The highest BCUT2D eigenvalue weighted by molar-refractivity contribution is 6.01. The lowest BCUT2D eigenvalue weighted by Crippen LogP contribution is -2.49. The van der Waals surface area contributed by atoms with Crippen molar-refractivity contribution in [2.45, 2.75) is 44.3 Å². The number of benzene rings is 2. The maximum atomic E-state index is 13.0. The molecule has 0 bridgehead atoms. The summed E-state index contributed by atoms with van der Waals surface area (Å²) < 4.78 is 7.71. The van der Waals surface area contributed by atoms with Crippen LogP contribution in [-0.2, 0) is 6.54 Å². The molecule has 3 N–H and O–H groups in total. The second kappa shape index (κ2) is 11.8. The third-order valence-electron chi connectivity index (χ3n) is 8.60. The van der Waals surface area contributed by atoms with Crippen molar-refractivity contribution in [1.29, 1.82) is 0 Å². The highest BCUT2D eigenvalue weighted by Crippen LogP contribution is 2.38. The average molecular weight is 555 g/mol. The summed E-state index contributed by atoms with van der Waals surface area (Å²) in [6, 6.07) is 16.2. The van der Waals surface area contributed by atoms with E-state index >= 15 is 0 Å². The molecule has 0 radical (unpaired) electrons. The van der Waals surface area contributed by atoms with Gasteiger partial charge in [0.25, 0.3) is 5.91 Å². The second-order valence-corrected chi connectivity index (χ2v) is 11.1. The summed E-state index contributed by atoms with van der Waals surface area (Å²) in [6.45, 7) is 5.00. The number of hydrogen-bond donors (Lipinski definition) is 2. The topological polar surface area (TPSA) is 114 Å². The lowest BCUT2D eigenvalue weighted by Gasteiger charge is -2.41. The third-order valence-corrected chi connectivity index (χ3v) is 8.60. The largest absolute Gasteiger partial charge is 0.496 e. The van der Waals surface area contributed by atoms with Crippen LogP contribution in [0.2, 0.25) is 0 Å². The van der Waals surface area contributed by atoms with Crippen molar-refractivity contribution in [2.24, 2.45) is 0 Å². The molecule has 2 fully saturated rings. The van der Waals surface area contributed by atoms with Gasteiger partial charge in [0.2, 0.25) is 0 Å². The van der Waals surface area contributed by atoms with E-state index in [1.807, 2.05) is 42.5 Å². The Hall–Kier alpha value is -4.02. The van der Waals surface area contributed by atoms with Gasteiger partial charge >= 0.3 is 0 Å². The molecule has 10 heteroatoms. The first-order valence-electron chi connectivity index (χ1n) is 14.4. The van der Waals surface area contributed by atoms with E-state index in [1.165, 1.54) is 6.33 Å². The van der Waals surface area contributed by atoms with E-state index in [0.717, 1.165) is 74.0 Å². The van der Waals surface area contributed by atoms with Gasteiger partial charge in [0.1, 0.15) is 23.6 Å². The number of fused-ring (bicyclic) bond motifs is 1. The van der Waals surface area contributed by atoms with Crippen LogP contribution in [0.1, 0.15) is 47.6 Å². The Bertz CT molecular complexity index is 1510. The molecule has 1 saturated carbocycles. The predicted molar refractivity (Wildman–Crippen MR) is 160 cm³/mol. The molecule has 2 aromatic heterocycles. The van der Waals surface area contributed by atoms with E-state index in [2.05, 4.69) is 36.8 Å². The van der Waals surface area contributed by atoms with Gasteiger partial charge in [0, 0.05) is 44.3 Å². The Morgan fingerprint density at radius 2 is 1.73 bits per heavy atom. The Kier molecular flexibility index (Phi) is 7.84. The number of anilines is 1. The van der Waals surface area contributed by atoms with Crippen LogP contribution in [0.3, 0.4) is 0 Å². The molecular weight excluding hydrogens is 516 g/mol. The summed E-state index contributed by atoms with van der Waals surface area (Å²) in [5.74, 6) is 0.664. The quantitative estimate of drug-likeness (QED) is 0.355. The van der Waals surface area contributed by atoms with Gasteiger partial charge in [0.15, 0.2) is 5.65 Å². The number of likely N-dealkylation sites (N-methyl/N-ethyl adjacent to an activating group) is 1. The number of nitrogens with two attached hydrogens (primary N) is 1. The molecule has 1 amide bonds. The van der Waals surface area contributed by atoms with E-state index in [1.54, 1.807) is 13.2 Å². The number of nitrogens with one attached hydrogen (secondary N) is 1. The fourth-order valence-corrected chi connectivity index (χ4v) is 6.21. The summed E-state index contributed by atoms with van der Waals surface area (Å²) in [4.78, 5) is 27.0. The Morgan fingerprint density at radius 1 is 1.00 bits per heavy atom. The Balaban J connectivity index is 1.24. The molecule has 1 aliphatic heterocycles. The summed E-state index contributed by atoms with van der Waals surface area (Å²) in [5, 5.41) is 8.79. The number of methoxy groups -OCH3 is 1. The van der Waals surface area contributed by atoms with Crippen molar-refractivity contribution in [3.63, 3.8) is 0 Å². The van der Waals surface area contributed by atoms with Crippen LogP contribution >= 0.6 is 0 Å². The number of carbonyl (C=O) groups is 1. The van der Waals surface area contributed by atoms with Gasteiger partial charge < -0.3 is 20.7 Å². The molecule has 1 saturated heterocycles. The Morgan fingerprint density at radius 3 is 2.46 bits per heavy atom. The van der Waals surface area contributed by atoms with Crippen LogP contribution in [0, 0.1) is 0 Å². The van der Waals surface area contributed by atoms with Gasteiger partial charge in [0.05, 0.1) is 24.1 Å². The first-order valence-corrected chi connectivity index (χ1v) is 14.4. The van der Waals surface area contributed by atoms with E-state index in [4.69, 9.17) is 15.6 Å². The van der Waals surface area contributed by atoms with E-state index in [0.29, 0.717) is 35.4 Å². The number of nitrogens with zero attached hydrogens (tertiary/aromatic N) is 6. The molecule has 0 atom stereocenters. The number of hydrogen-bond acceptors (Lipinski definition) is 8. The molecule has 3 heterocycles. The first kappa shape index (κ1) is 27.2. The minimum atomic E-state index is -0.201. The van der Waals surface area contributed by atoms with Crippen molar-refractivity contribution in [2.75, 3.05) is 46.1 Å². The minimum absolute atomic E-state index is 0.201. The van der Waals surface area contributed by atoms with E-state index < -0.39 is 0 Å². The standard InChI is InChI=1S/C31H38N8O2/c1-37-14-16-38(17-15-37)23-9-11-24(12-10-23)39-30-27(29(32)34-20-35-30)28(36-39)22-8-13-25(26(18-22)41-2)31(40)33-19-21-6-4-3-5-7-21/h3-8,13,18,20,23-24H,9-12,14-17,19H2,1-2H3,(H,33,40)(H2,32,34,35)/t23-,24+. The van der Waals surface area contributed by atoms with Crippen LogP contribution in [0.15, 0.2) is 54.9 Å². The van der Waals surface area contributed by atoms with Crippen molar-refractivity contribution in [1.82, 2.24) is 34.9 Å². The van der Waals surface area contributed by atoms with Crippen molar-refractivity contribution < 1.29 is 9.53 Å². The smallest absolute Gasteiger partial charge is 0.255 e. The fourth-order valence-electron chi connectivity index (χ4n) is 6.21. The summed E-state index contributed by atoms with van der Waals surface area (Å²) in [6.07, 6.45) is 5.89. The van der Waals surface area contributed by atoms with Crippen LogP contribution in [0.5, 0.6) is 5.75 Å². The molecule has 41 heavy (non-hydrogen) atoms. The number of rotatable bonds is 7. The number of piperazine rings is 1. The van der Waals surface area contributed by atoms with Gasteiger partial charge in [-0.05, 0) is 50.4 Å². The van der Waals surface area contributed by atoms with Gasteiger partial charge in [-0.2, -0.15) is 5.10 Å². The summed E-state index contributed by atoms with van der Waals surface area (Å²) in [5.41, 5.74) is 10.1. The van der Waals surface area contributed by atoms with Crippen molar-refractivity contribution in [3.05, 3.63) is 66.0 Å². The molecule has 10 nitrogen and oxygen atoms in total. The normalized spacial score (nSPS) is 20.2. The SMILES string of the molecule is COc1cc(-c2nn([C@H]3CC[C@@H](N4CCN(C)CC4)CC3)c3ncnc(N)c23)ccc1C(=O)NCc1ccccc1. The van der Waals surface area contributed by atoms with Crippen LogP contribution in [-0.4, -0.2) is 81.8 Å². The highest BCUT2D eigenvalue weighted by Gasteiger charge is 2.31. The lowest BCUT2D eigenvalue weighted by atomic mass is 9.90. The zero-order valence-electron chi connectivity index (χ0n) is 23.8. The number of amides is 1. The van der Waals surface area contributed by atoms with Gasteiger partial charge in [-0.3, -0.25) is 9.69 Å². The molecule has 1 aliphatic carbocycles. The molecular formula is C31H38N8O2. The third kappa shape index (κ3) is 5.62. The Labute approximate surface area is 240 Å². The lowest BCUT2D eigenvalue weighted by molar-refractivity contribution is 0.0815. The van der Waals surface area contributed by atoms with Crippen LogP contribution in [0.4, 0.5) is 5.82 Å². The second-order valence-electron chi connectivity index (χ2n) is 11.1. The number of carbonyl (C=O) groups excluding carboxylic acids is 1. The first-order chi connectivity index (χ1) is 20.0. The number of ether oxygens (including phenoxy) is 1. The van der Waals surface area contributed by atoms with Crippen molar-refractivity contribution in [3.8, 4) is 17.0 Å². The molecule has 6 rings (SSSR count). The van der Waals surface area contributed by atoms with Crippen LogP contribution in [0.25, 0.3) is 22.3 Å². The molecule has 0 unspecified atom stereocenters. The van der Waals surface area contributed by atoms with Gasteiger partial charge in [-0.1, -0.05) is 36.4 Å². The van der Waals surface area contributed by atoms with Crippen molar-refractivity contribution >= 4 is 22.8 Å².